The van der Waals surface area contributed by atoms with Crippen LogP contribution in [0, 0.1) is 18.7 Å². The Morgan fingerprint density at radius 2 is 1.66 bits per heavy atom. The van der Waals surface area contributed by atoms with Crippen LogP contribution >= 0.6 is 11.3 Å². The highest BCUT2D eigenvalue weighted by Gasteiger charge is 2.32. The van der Waals surface area contributed by atoms with Crippen molar-refractivity contribution in [2.45, 2.75) is 46.1 Å². The summed E-state index contributed by atoms with van der Waals surface area (Å²) in [6.45, 7) is 7.38. The number of amides is 2. The van der Waals surface area contributed by atoms with Crippen LogP contribution in [-0.2, 0) is 9.53 Å². The van der Waals surface area contributed by atoms with Gasteiger partial charge in [0.1, 0.15) is 5.82 Å². The fourth-order valence-electron chi connectivity index (χ4n) is 3.54. The molecule has 2 amide bonds. The average molecular weight is 506 g/mol. The SMILES string of the molecule is CCC(C(=O)c1sc(C(=O)NCCNC(=O)[C@H](N)C(C)C)c(C)c1C(=O)OC)c1ccc(F)cc1. The Kier molecular flexibility index (Phi) is 10.1. The predicted molar refractivity (Wildman–Crippen MR) is 132 cm³/mol. The van der Waals surface area contributed by atoms with Crippen LogP contribution in [0.15, 0.2) is 24.3 Å². The van der Waals surface area contributed by atoms with E-state index in [4.69, 9.17) is 10.5 Å². The molecule has 0 bridgehead atoms. The van der Waals surface area contributed by atoms with Gasteiger partial charge in [-0.3, -0.25) is 14.4 Å². The molecule has 4 N–H and O–H groups in total. The van der Waals surface area contributed by atoms with Gasteiger partial charge in [-0.15, -0.1) is 11.3 Å². The maximum absolute atomic E-state index is 13.5. The first-order valence-corrected chi connectivity index (χ1v) is 12.2. The highest BCUT2D eigenvalue weighted by atomic mass is 32.1. The molecule has 1 aromatic carbocycles. The second kappa shape index (κ2) is 12.6. The number of thiophene rings is 1. The zero-order chi connectivity index (χ0) is 26.3. The van der Waals surface area contributed by atoms with Crippen molar-refractivity contribution in [2.24, 2.45) is 11.7 Å². The van der Waals surface area contributed by atoms with Gasteiger partial charge in [0.2, 0.25) is 5.91 Å². The standard InChI is InChI=1S/C25H32FN3O5S/c1-6-17(15-7-9-16(26)10-8-15)20(30)22-18(25(33)34-5)14(4)21(35-22)24(32)29-12-11-28-23(31)19(27)13(2)3/h7-10,13,17,19H,6,11-12,27H2,1-5H3,(H,28,31)(H,29,32)/t17?,19-/m1/s1. The van der Waals surface area contributed by atoms with E-state index in [0.29, 0.717) is 17.5 Å². The van der Waals surface area contributed by atoms with Gasteiger partial charge in [-0.25, -0.2) is 9.18 Å². The molecule has 1 unspecified atom stereocenters. The fraction of sp³-hybridized carbons (Fsp3) is 0.440. The molecule has 0 spiro atoms. The first-order chi connectivity index (χ1) is 16.5. The molecular weight excluding hydrogens is 473 g/mol. The quantitative estimate of drug-likeness (QED) is 0.245. The summed E-state index contributed by atoms with van der Waals surface area (Å²) in [5.41, 5.74) is 6.79. The first-order valence-electron chi connectivity index (χ1n) is 11.4. The average Bonchev–Trinajstić information content (AvgIpc) is 3.19. The van der Waals surface area contributed by atoms with Crippen molar-refractivity contribution in [1.82, 2.24) is 10.6 Å². The van der Waals surface area contributed by atoms with Crippen molar-refractivity contribution in [3.05, 3.63) is 56.5 Å². The lowest BCUT2D eigenvalue weighted by Crippen LogP contribution is -2.46. The molecular formula is C25H32FN3O5S. The largest absolute Gasteiger partial charge is 0.465 e. The van der Waals surface area contributed by atoms with E-state index in [2.05, 4.69) is 10.6 Å². The fourth-order valence-corrected chi connectivity index (χ4v) is 4.75. The zero-order valence-corrected chi connectivity index (χ0v) is 21.4. The minimum Gasteiger partial charge on any atom is -0.465 e. The van der Waals surface area contributed by atoms with Crippen LogP contribution < -0.4 is 16.4 Å². The van der Waals surface area contributed by atoms with E-state index in [1.807, 2.05) is 20.8 Å². The Morgan fingerprint density at radius 3 is 2.20 bits per heavy atom. The Bertz CT molecular complexity index is 1080. The van der Waals surface area contributed by atoms with E-state index in [0.717, 1.165) is 11.3 Å². The van der Waals surface area contributed by atoms with Gasteiger partial charge in [0.25, 0.3) is 5.91 Å². The van der Waals surface area contributed by atoms with E-state index in [1.165, 1.54) is 31.4 Å². The van der Waals surface area contributed by atoms with Crippen molar-refractivity contribution >= 4 is 34.9 Å². The molecule has 1 heterocycles. The van der Waals surface area contributed by atoms with Gasteiger partial charge in [-0.05, 0) is 42.5 Å². The summed E-state index contributed by atoms with van der Waals surface area (Å²) in [6, 6.07) is 4.98. The van der Waals surface area contributed by atoms with Crippen LogP contribution in [0.4, 0.5) is 4.39 Å². The number of hydrogen-bond donors (Lipinski definition) is 3. The minimum atomic E-state index is -0.718. The second-order valence-electron chi connectivity index (χ2n) is 8.45. The maximum Gasteiger partial charge on any atom is 0.339 e. The number of Topliss-reactive ketones (excluding diaryl/α,β-unsaturated/α-hetero) is 1. The number of halogens is 1. The summed E-state index contributed by atoms with van der Waals surface area (Å²) in [5, 5.41) is 5.35. The molecule has 0 aliphatic carbocycles. The van der Waals surface area contributed by atoms with E-state index in [9.17, 15) is 23.6 Å². The van der Waals surface area contributed by atoms with Gasteiger partial charge in [-0.2, -0.15) is 0 Å². The van der Waals surface area contributed by atoms with Gasteiger partial charge in [0.15, 0.2) is 5.78 Å². The first kappa shape index (κ1) is 28.1. The molecule has 0 fully saturated rings. The lowest BCUT2D eigenvalue weighted by Gasteiger charge is -2.15. The molecule has 0 saturated carbocycles. The number of hydrogen-bond acceptors (Lipinski definition) is 7. The van der Waals surface area contributed by atoms with Crippen molar-refractivity contribution in [3.8, 4) is 0 Å². The van der Waals surface area contributed by atoms with Crippen molar-refractivity contribution < 1.29 is 28.3 Å². The Hall–Kier alpha value is -3.11. The Balaban J connectivity index is 2.25. The molecule has 10 heteroatoms. The monoisotopic (exact) mass is 505 g/mol. The van der Waals surface area contributed by atoms with Crippen LogP contribution in [0.1, 0.15) is 73.9 Å². The third-order valence-electron chi connectivity index (χ3n) is 5.69. The highest BCUT2D eigenvalue weighted by Crippen LogP contribution is 2.34. The summed E-state index contributed by atoms with van der Waals surface area (Å²) in [4.78, 5) is 51.1. The van der Waals surface area contributed by atoms with Crippen molar-refractivity contribution in [2.75, 3.05) is 20.2 Å². The number of ether oxygens (including phenoxy) is 1. The lowest BCUT2D eigenvalue weighted by molar-refractivity contribution is -0.123. The predicted octanol–water partition coefficient (Wildman–Crippen LogP) is 3.19. The number of benzene rings is 1. The topological polar surface area (TPSA) is 128 Å². The van der Waals surface area contributed by atoms with Crippen LogP contribution in [0.2, 0.25) is 0 Å². The number of methoxy groups -OCH3 is 1. The lowest BCUT2D eigenvalue weighted by atomic mass is 9.90. The maximum atomic E-state index is 13.5. The summed E-state index contributed by atoms with van der Waals surface area (Å²) < 4.78 is 18.2. The molecule has 0 aliphatic rings. The van der Waals surface area contributed by atoms with Gasteiger partial charge in [-0.1, -0.05) is 32.9 Å². The Labute approximate surface area is 208 Å². The molecule has 2 aromatic rings. The summed E-state index contributed by atoms with van der Waals surface area (Å²) in [5.74, 6) is -2.91. The van der Waals surface area contributed by atoms with Gasteiger partial charge >= 0.3 is 5.97 Å². The number of rotatable bonds is 11. The normalized spacial score (nSPS) is 12.7. The highest BCUT2D eigenvalue weighted by molar-refractivity contribution is 7.16. The summed E-state index contributed by atoms with van der Waals surface area (Å²) in [7, 11) is 1.20. The smallest absolute Gasteiger partial charge is 0.339 e. The summed E-state index contributed by atoms with van der Waals surface area (Å²) in [6.07, 6.45) is 0.418. The molecule has 35 heavy (non-hydrogen) atoms. The molecule has 2 rings (SSSR count). The van der Waals surface area contributed by atoms with Crippen LogP contribution in [-0.4, -0.2) is 49.8 Å². The van der Waals surface area contributed by atoms with E-state index < -0.39 is 29.7 Å². The molecule has 0 radical (unpaired) electrons. The Morgan fingerprint density at radius 1 is 1.06 bits per heavy atom. The van der Waals surface area contributed by atoms with Crippen LogP contribution in [0.25, 0.3) is 0 Å². The van der Waals surface area contributed by atoms with Crippen LogP contribution in [0.5, 0.6) is 0 Å². The van der Waals surface area contributed by atoms with E-state index >= 15 is 0 Å². The number of nitrogens with one attached hydrogen (secondary N) is 2. The van der Waals surface area contributed by atoms with Crippen molar-refractivity contribution in [1.29, 1.82) is 0 Å². The van der Waals surface area contributed by atoms with E-state index in [-0.39, 0.29) is 46.0 Å². The molecule has 190 valence electrons. The van der Waals surface area contributed by atoms with Gasteiger partial charge in [0, 0.05) is 19.0 Å². The second-order valence-corrected chi connectivity index (χ2v) is 9.47. The molecule has 0 aliphatic heterocycles. The number of ketones is 1. The molecule has 2 atom stereocenters. The number of esters is 1. The minimum absolute atomic E-state index is 0.0204. The molecule has 8 nitrogen and oxygen atoms in total. The van der Waals surface area contributed by atoms with Gasteiger partial charge < -0.3 is 21.1 Å². The van der Waals surface area contributed by atoms with Crippen LogP contribution in [0.3, 0.4) is 0 Å². The third-order valence-corrected chi connectivity index (χ3v) is 7.00. The van der Waals surface area contributed by atoms with E-state index in [1.54, 1.807) is 6.92 Å². The number of carbonyl (C=O) groups is 4. The van der Waals surface area contributed by atoms with Gasteiger partial charge in [0.05, 0.1) is 28.5 Å². The number of nitrogens with two attached hydrogens (primary N) is 1. The third kappa shape index (κ3) is 6.73. The van der Waals surface area contributed by atoms with Crippen molar-refractivity contribution in [3.63, 3.8) is 0 Å². The number of carbonyl (C=O) groups excluding carboxylic acids is 4. The zero-order valence-electron chi connectivity index (χ0n) is 20.6. The molecule has 1 aromatic heterocycles. The summed E-state index contributed by atoms with van der Waals surface area (Å²) >= 11 is 0.917. The molecule has 0 saturated heterocycles.